The van der Waals surface area contributed by atoms with Crippen LogP contribution in [0.25, 0.3) is 0 Å². The van der Waals surface area contributed by atoms with Gasteiger partial charge in [0, 0.05) is 19.7 Å². The number of aryl methyl sites for hydroxylation is 1. The van der Waals surface area contributed by atoms with Gasteiger partial charge in [-0.25, -0.2) is 12.7 Å². The second kappa shape index (κ2) is 8.97. The van der Waals surface area contributed by atoms with E-state index < -0.39 is 10.0 Å². The average Bonchev–Trinajstić information content (AvgIpc) is 2.67. The van der Waals surface area contributed by atoms with E-state index in [1.54, 1.807) is 20.1 Å². The van der Waals surface area contributed by atoms with Crippen molar-refractivity contribution in [1.82, 2.24) is 9.62 Å². The Morgan fingerprint density at radius 2 is 1.66 bits per heavy atom. The molecule has 1 N–H and O–H groups in total. The van der Waals surface area contributed by atoms with Gasteiger partial charge in [-0.1, -0.05) is 26.0 Å². The topological polar surface area (TPSA) is 75.7 Å². The first-order valence-corrected chi connectivity index (χ1v) is 10.9. The van der Waals surface area contributed by atoms with Crippen molar-refractivity contribution in [3.05, 3.63) is 58.7 Å². The molecule has 0 saturated heterocycles. The molecule has 0 bridgehead atoms. The smallest absolute Gasteiger partial charge is 0.251 e. The number of amides is 1. The van der Waals surface area contributed by atoms with Gasteiger partial charge in [0.2, 0.25) is 10.0 Å². The summed E-state index contributed by atoms with van der Waals surface area (Å²) in [6, 6.07) is 10.5. The van der Waals surface area contributed by atoms with Crippen molar-refractivity contribution in [2.24, 2.45) is 5.92 Å². The Bertz CT molecular complexity index is 981. The van der Waals surface area contributed by atoms with Crippen LogP contribution in [0.3, 0.4) is 0 Å². The maximum Gasteiger partial charge on any atom is 0.251 e. The first kappa shape index (κ1) is 22.9. The van der Waals surface area contributed by atoms with E-state index in [2.05, 4.69) is 5.32 Å². The largest absolute Gasteiger partial charge is 0.497 e. The highest BCUT2D eigenvalue weighted by Crippen LogP contribution is 2.26. The summed E-state index contributed by atoms with van der Waals surface area (Å²) < 4.78 is 31.7. The maximum absolute atomic E-state index is 13.0. The Morgan fingerprint density at radius 3 is 2.14 bits per heavy atom. The van der Waals surface area contributed by atoms with Crippen LogP contribution in [0.2, 0.25) is 0 Å². The van der Waals surface area contributed by atoms with E-state index in [-0.39, 0.29) is 22.8 Å². The molecule has 0 aromatic heterocycles. The normalized spacial score (nSPS) is 12.9. The van der Waals surface area contributed by atoms with Crippen molar-refractivity contribution in [1.29, 1.82) is 0 Å². The second-order valence-electron chi connectivity index (χ2n) is 7.67. The fourth-order valence-corrected chi connectivity index (χ4v) is 4.31. The van der Waals surface area contributed by atoms with Gasteiger partial charge in [-0.05, 0) is 60.7 Å². The zero-order valence-electron chi connectivity index (χ0n) is 18.1. The molecule has 0 radical (unpaired) electrons. The van der Waals surface area contributed by atoms with Crippen LogP contribution in [0.15, 0.2) is 41.3 Å². The standard InChI is InChI=1S/C22H30N2O4S/c1-14(2)21(17-8-10-19(28-7)11-9-17)23-22(25)18-12-15(3)16(4)20(13-18)29(26,27)24(5)6/h8-14,21H,1-7H3,(H,23,25). The molecule has 7 heteroatoms. The van der Waals surface area contributed by atoms with Crippen LogP contribution < -0.4 is 10.1 Å². The summed E-state index contributed by atoms with van der Waals surface area (Å²) in [5, 5.41) is 3.05. The van der Waals surface area contributed by atoms with E-state index in [1.165, 1.54) is 20.2 Å². The van der Waals surface area contributed by atoms with Crippen LogP contribution in [0.4, 0.5) is 0 Å². The lowest BCUT2D eigenvalue weighted by Gasteiger charge is -2.24. The molecular formula is C22H30N2O4S. The zero-order chi connectivity index (χ0) is 21.9. The summed E-state index contributed by atoms with van der Waals surface area (Å²) in [5.41, 5.74) is 2.68. The predicted molar refractivity (Wildman–Crippen MR) is 115 cm³/mol. The highest BCUT2D eigenvalue weighted by atomic mass is 32.2. The molecular weight excluding hydrogens is 388 g/mol. The second-order valence-corrected chi connectivity index (χ2v) is 9.79. The SMILES string of the molecule is COc1ccc(C(NC(=O)c2cc(C)c(C)c(S(=O)(=O)N(C)C)c2)C(C)C)cc1. The third-order valence-corrected chi connectivity index (χ3v) is 7.01. The molecule has 1 unspecified atom stereocenters. The van der Waals surface area contributed by atoms with E-state index >= 15 is 0 Å². The number of benzene rings is 2. The third-order valence-electron chi connectivity index (χ3n) is 5.07. The first-order chi connectivity index (χ1) is 13.5. The van der Waals surface area contributed by atoms with Gasteiger partial charge in [-0.2, -0.15) is 0 Å². The van der Waals surface area contributed by atoms with Crippen LogP contribution in [-0.2, 0) is 10.0 Å². The Balaban J connectivity index is 2.41. The fraction of sp³-hybridized carbons (Fsp3) is 0.409. The Morgan fingerprint density at radius 1 is 1.07 bits per heavy atom. The molecule has 0 aliphatic heterocycles. The summed E-state index contributed by atoms with van der Waals surface area (Å²) in [6.07, 6.45) is 0. The van der Waals surface area contributed by atoms with Gasteiger partial charge in [0.05, 0.1) is 18.0 Å². The maximum atomic E-state index is 13.0. The Kier molecular flexibility index (Phi) is 7.08. The molecule has 0 fully saturated rings. The number of sulfonamides is 1. The molecule has 158 valence electrons. The molecule has 0 aliphatic rings. The lowest BCUT2D eigenvalue weighted by Crippen LogP contribution is -2.32. The summed E-state index contributed by atoms with van der Waals surface area (Å²) in [7, 11) is 0.919. The number of hydrogen-bond donors (Lipinski definition) is 1. The fourth-order valence-electron chi connectivity index (χ4n) is 3.09. The van der Waals surface area contributed by atoms with Crippen molar-refractivity contribution < 1.29 is 17.9 Å². The minimum absolute atomic E-state index is 0.142. The summed E-state index contributed by atoms with van der Waals surface area (Å²) >= 11 is 0. The summed E-state index contributed by atoms with van der Waals surface area (Å²) in [5.74, 6) is 0.581. The number of carbonyl (C=O) groups excluding carboxylic acids is 1. The number of methoxy groups -OCH3 is 1. The molecule has 29 heavy (non-hydrogen) atoms. The molecule has 1 amide bonds. The molecule has 2 aromatic carbocycles. The van der Waals surface area contributed by atoms with Crippen molar-refractivity contribution in [2.45, 2.75) is 38.6 Å². The van der Waals surface area contributed by atoms with E-state index in [0.29, 0.717) is 11.1 Å². The number of nitrogens with one attached hydrogen (secondary N) is 1. The predicted octanol–water partition coefficient (Wildman–Crippen LogP) is 3.69. The molecule has 2 aromatic rings. The molecule has 0 heterocycles. The van der Waals surface area contributed by atoms with E-state index in [4.69, 9.17) is 4.74 Å². The highest BCUT2D eigenvalue weighted by molar-refractivity contribution is 7.89. The van der Waals surface area contributed by atoms with Gasteiger partial charge in [-0.3, -0.25) is 4.79 Å². The number of nitrogens with zero attached hydrogens (tertiary/aromatic N) is 1. The lowest BCUT2D eigenvalue weighted by molar-refractivity contribution is 0.0925. The van der Waals surface area contributed by atoms with E-state index in [1.807, 2.05) is 45.0 Å². The Labute approximate surface area is 173 Å². The van der Waals surface area contributed by atoms with Gasteiger partial charge in [0.15, 0.2) is 0 Å². The van der Waals surface area contributed by atoms with Gasteiger partial charge >= 0.3 is 0 Å². The summed E-state index contributed by atoms with van der Waals surface area (Å²) in [6.45, 7) is 7.61. The third kappa shape index (κ3) is 4.97. The first-order valence-electron chi connectivity index (χ1n) is 9.47. The van der Waals surface area contributed by atoms with E-state index in [0.717, 1.165) is 21.2 Å². The molecule has 1 atom stereocenters. The van der Waals surface area contributed by atoms with Crippen molar-refractivity contribution in [2.75, 3.05) is 21.2 Å². The molecule has 0 aliphatic carbocycles. The Hall–Kier alpha value is -2.38. The van der Waals surface area contributed by atoms with Crippen molar-refractivity contribution in [3.63, 3.8) is 0 Å². The number of rotatable bonds is 7. The van der Waals surface area contributed by atoms with Gasteiger partial charge in [-0.15, -0.1) is 0 Å². The minimum atomic E-state index is -3.65. The van der Waals surface area contributed by atoms with Crippen LogP contribution in [-0.4, -0.2) is 39.8 Å². The van der Waals surface area contributed by atoms with Crippen molar-refractivity contribution >= 4 is 15.9 Å². The zero-order valence-corrected chi connectivity index (χ0v) is 18.9. The molecule has 6 nitrogen and oxygen atoms in total. The highest BCUT2D eigenvalue weighted by Gasteiger charge is 2.25. The van der Waals surface area contributed by atoms with Gasteiger partial charge < -0.3 is 10.1 Å². The van der Waals surface area contributed by atoms with Gasteiger partial charge in [0.25, 0.3) is 5.91 Å². The average molecular weight is 419 g/mol. The van der Waals surface area contributed by atoms with E-state index in [9.17, 15) is 13.2 Å². The van der Waals surface area contributed by atoms with Crippen molar-refractivity contribution in [3.8, 4) is 5.75 Å². The van der Waals surface area contributed by atoms with Crippen LogP contribution >= 0.6 is 0 Å². The number of carbonyl (C=O) groups is 1. The van der Waals surface area contributed by atoms with Crippen LogP contribution in [0.5, 0.6) is 5.75 Å². The molecule has 0 spiro atoms. The van der Waals surface area contributed by atoms with Crippen LogP contribution in [0.1, 0.15) is 46.9 Å². The quantitative estimate of drug-likeness (QED) is 0.744. The number of ether oxygens (including phenoxy) is 1. The molecule has 0 saturated carbocycles. The van der Waals surface area contributed by atoms with Crippen LogP contribution in [0, 0.1) is 19.8 Å². The minimum Gasteiger partial charge on any atom is -0.497 e. The summed E-state index contributed by atoms with van der Waals surface area (Å²) in [4.78, 5) is 13.2. The van der Waals surface area contributed by atoms with Gasteiger partial charge in [0.1, 0.15) is 5.75 Å². The monoisotopic (exact) mass is 418 g/mol. The number of hydrogen-bond acceptors (Lipinski definition) is 4. The lowest BCUT2D eigenvalue weighted by atomic mass is 9.95. The molecule has 2 rings (SSSR count).